The van der Waals surface area contributed by atoms with E-state index in [9.17, 15) is 0 Å². The van der Waals surface area contributed by atoms with Crippen LogP contribution in [-0.4, -0.2) is 34.0 Å². The molecule has 1 N–H and O–H groups in total. The average Bonchev–Trinajstić information content (AvgIpc) is 3.19. The summed E-state index contributed by atoms with van der Waals surface area (Å²) in [7, 11) is 0. The van der Waals surface area contributed by atoms with E-state index in [2.05, 4.69) is 40.9 Å². The lowest BCUT2D eigenvalue weighted by Crippen LogP contribution is -2.15. The predicted molar refractivity (Wildman–Crippen MR) is 95.0 cm³/mol. The molecule has 0 saturated carbocycles. The lowest BCUT2D eigenvalue weighted by atomic mass is 9.99. The molecule has 122 valence electrons. The fourth-order valence-corrected chi connectivity index (χ4v) is 4.46. The van der Waals surface area contributed by atoms with Gasteiger partial charge in [0.2, 0.25) is 0 Å². The molecule has 0 spiro atoms. The third-order valence-electron chi connectivity index (χ3n) is 4.62. The number of rotatable bonds is 4. The largest absolute Gasteiger partial charge is 0.376 e. The summed E-state index contributed by atoms with van der Waals surface area (Å²) in [6.45, 7) is 1.75. The predicted octanol–water partition coefficient (Wildman–Crippen LogP) is 3.50. The van der Waals surface area contributed by atoms with Crippen LogP contribution < -0.4 is 5.32 Å². The van der Waals surface area contributed by atoms with Crippen molar-refractivity contribution in [1.82, 2.24) is 9.78 Å². The Hall–Kier alpha value is -1.46. The zero-order valence-electron chi connectivity index (χ0n) is 13.3. The van der Waals surface area contributed by atoms with Gasteiger partial charge in [0, 0.05) is 18.6 Å². The molecule has 1 fully saturated rings. The number of benzene rings is 1. The summed E-state index contributed by atoms with van der Waals surface area (Å²) in [6.07, 6.45) is 7.86. The number of thioether (sulfide) groups is 1. The van der Waals surface area contributed by atoms with Gasteiger partial charge in [-0.25, -0.2) is 0 Å². The van der Waals surface area contributed by atoms with Gasteiger partial charge in [0.25, 0.3) is 0 Å². The maximum atomic E-state index is 5.69. The second kappa shape index (κ2) is 6.97. The Morgan fingerprint density at radius 3 is 3.22 bits per heavy atom. The minimum absolute atomic E-state index is 0.330. The minimum Gasteiger partial charge on any atom is -0.376 e. The van der Waals surface area contributed by atoms with Gasteiger partial charge in [-0.1, -0.05) is 24.3 Å². The van der Waals surface area contributed by atoms with Gasteiger partial charge in [0.1, 0.15) is 0 Å². The van der Waals surface area contributed by atoms with E-state index in [-0.39, 0.29) is 0 Å². The molecule has 0 amide bonds. The number of aryl methyl sites for hydroxylation is 1. The van der Waals surface area contributed by atoms with Gasteiger partial charge in [-0.3, -0.25) is 4.68 Å². The van der Waals surface area contributed by atoms with Gasteiger partial charge in [-0.15, -0.1) is 0 Å². The molecule has 0 unspecified atom stereocenters. The van der Waals surface area contributed by atoms with Crippen molar-refractivity contribution < 1.29 is 4.74 Å². The third kappa shape index (κ3) is 3.56. The fourth-order valence-electron chi connectivity index (χ4n) is 3.43. The normalized spacial score (nSPS) is 24.2. The monoisotopic (exact) mass is 329 g/mol. The Morgan fingerprint density at radius 1 is 1.35 bits per heavy atom. The van der Waals surface area contributed by atoms with E-state index in [1.54, 1.807) is 0 Å². The highest BCUT2D eigenvalue weighted by molar-refractivity contribution is 7.99. The molecule has 2 aromatic rings. The number of anilines is 1. The van der Waals surface area contributed by atoms with Gasteiger partial charge in [0.05, 0.1) is 30.6 Å². The molecular formula is C18H23N3OS. The maximum absolute atomic E-state index is 5.69. The maximum Gasteiger partial charge on any atom is 0.0771 e. The number of aromatic nitrogens is 2. The first-order valence-corrected chi connectivity index (χ1v) is 9.60. The van der Waals surface area contributed by atoms with Crippen molar-refractivity contribution in [1.29, 1.82) is 0 Å². The molecule has 23 heavy (non-hydrogen) atoms. The topological polar surface area (TPSA) is 39.1 Å². The first kappa shape index (κ1) is 15.1. The molecule has 0 bridgehead atoms. The summed E-state index contributed by atoms with van der Waals surface area (Å²) in [5, 5.41) is 8.17. The van der Waals surface area contributed by atoms with Crippen molar-refractivity contribution in [2.24, 2.45) is 0 Å². The molecule has 1 aromatic heterocycles. The zero-order chi connectivity index (χ0) is 15.5. The lowest BCUT2D eigenvalue weighted by molar-refractivity contribution is 0.0940. The van der Waals surface area contributed by atoms with Crippen LogP contribution in [0.1, 0.15) is 30.0 Å². The average molecular weight is 329 g/mol. The Balaban J connectivity index is 1.46. The van der Waals surface area contributed by atoms with E-state index in [4.69, 9.17) is 4.74 Å². The molecule has 4 nitrogen and oxygen atoms in total. The molecule has 2 aliphatic rings. The van der Waals surface area contributed by atoms with E-state index in [1.807, 2.05) is 22.6 Å². The third-order valence-corrected chi connectivity index (χ3v) is 5.68. The second-order valence-corrected chi connectivity index (χ2v) is 7.46. The van der Waals surface area contributed by atoms with Crippen molar-refractivity contribution >= 4 is 17.4 Å². The molecule has 0 aliphatic carbocycles. The second-order valence-electron chi connectivity index (χ2n) is 6.31. The Morgan fingerprint density at radius 2 is 2.30 bits per heavy atom. The highest BCUT2D eigenvalue weighted by atomic mass is 32.2. The van der Waals surface area contributed by atoms with Crippen LogP contribution in [0.3, 0.4) is 0 Å². The summed E-state index contributed by atoms with van der Waals surface area (Å²) in [4.78, 5) is 0. The van der Waals surface area contributed by atoms with Crippen molar-refractivity contribution in [2.75, 3.05) is 23.4 Å². The Kier molecular flexibility index (Phi) is 4.57. The number of nitrogens with zero attached hydrogens (tertiary/aromatic N) is 2. The van der Waals surface area contributed by atoms with Crippen LogP contribution in [0.2, 0.25) is 0 Å². The molecule has 2 aliphatic heterocycles. The van der Waals surface area contributed by atoms with Crippen LogP contribution >= 0.6 is 11.8 Å². The molecule has 1 aromatic carbocycles. The van der Waals surface area contributed by atoms with Gasteiger partial charge < -0.3 is 10.1 Å². The summed E-state index contributed by atoms with van der Waals surface area (Å²) < 4.78 is 7.70. The van der Waals surface area contributed by atoms with E-state index in [0.29, 0.717) is 12.1 Å². The summed E-state index contributed by atoms with van der Waals surface area (Å²) >= 11 is 2.02. The van der Waals surface area contributed by atoms with E-state index < -0.39 is 0 Å². The molecule has 1 saturated heterocycles. The molecule has 5 heteroatoms. The van der Waals surface area contributed by atoms with Crippen LogP contribution in [0.25, 0.3) is 0 Å². The van der Waals surface area contributed by atoms with E-state index in [0.717, 1.165) is 37.4 Å². The van der Waals surface area contributed by atoms with Gasteiger partial charge >= 0.3 is 0 Å². The van der Waals surface area contributed by atoms with Crippen LogP contribution in [-0.2, 0) is 17.7 Å². The number of hydrogen-bond acceptors (Lipinski definition) is 4. The Labute approximate surface area is 141 Å². The number of fused-ring (bicyclic) bond motifs is 1. The van der Waals surface area contributed by atoms with Crippen LogP contribution in [0.15, 0.2) is 36.7 Å². The number of nitrogens with one attached hydrogen (secondary N) is 1. The van der Waals surface area contributed by atoms with Gasteiger partial charge in [-0.2, -0.15) is 16.9 Å². The highest BCUT2D eigenvalue weighted by Gasteiger charge is 2.20. The molecule has 4 rings (SSSR count). The zero-order valence-corrected chi connectivity index (χ0v) is 14.1. The van der Waals surface area contributed by atoms with E-state index in [1.165, 1.54) is 23.3 Å². The molecule has 2 atom stereocenters. The Bertz CT molecular complexity index is 651. The standard InChI is InChI=1S/C18H23N3OS/c1-2-6-17-14(4-1)7-9-23-13-18(17)20-15-10-19-21(11-15)12-16-5-3-8-22-16/h1-2,4,6,10-11,16,18,20H,3,5,7-9,12-13H2/t16-,18+/m0/s1. The molecular weight excluding hydrogens is 306 g/mol. The quantitative estimate of drug-likeness (QED) is 0.932. The van der Waals surface area contributed by atoms with Crippen LogP contribution in [0.5, 0.6) is 0 Å². The van der Waals surface area contributed by atoms with Crippen molar-refractivity contribution in [2.45, 2.75) is 38.0 Å². The minimum atomic E-state index is 0.330. The highest BCUT2D eigenvalue weighted by Crippen LogP contribution is 2.30. The number of hydrogen-bond donors (Lipinski definition) is 1. The SMILES string of the molecule is c1ccc2c(c1)CCSC[C@H]2Nc1cnn(C[C@@H]2CCCO2)c1. The fraction of sp³-hybridized carbons (Fsp3) is 0.500. The number of ether oxygens (including phenoxy) is 1. The van der Waals surface area contributed by atoms with E-state index >= 15 is 0 Å². The lowest BCUT2D eigenvalue weighted by Gasteiger charge is -2.19. The van der Waals surface area contributed by atoms with Crippen molar-refractivity contribution in [3.8, 4) is 0 Å². The first-order chi connectivity index (χ1) is 11.4. The summed E-state index contributed by atoms with van der Waals surface area (Å²) in [6, 6.07) is 9.17. The summed E-state index contributed by atoms with van der Waals surface area (Å²) in [5.41, 5.74) is 4.01. The smallest absolute Gasteiger partial charge is 0.0771 e. The first-order valence-electron chi connectivity index (χ1n) is 8.44. The van der Waals surface area contributed by atoms with Gasteiger partial charge in [0.15, 0.2) is 0 Å². The van der Waals surface area contributed by atoms with Crippen molar-refractivity contribution in [3.05, 3.63) is 47.8 Å². The van der Waals surface area contributed by atoms with Crippen LogP contribution in [0.4, 0.5) is 5.69 Å². The van der Waals surface area contributed by atoms with Crippen molar-refractivity contribution in [3.63, 3.8) is 0 Å². The van der Waals surface area contributed by atoms with Gasteiger partial charge in [-0.05, 0) is 36.1 Å². The molecule has 3 heterocycles. The summed E-state index contributed by atoms with van der Waals surface area (Å²) in [5.74, 6) is 2.31. The van der Waals surface area contributed by atoms with Crippen LogP contribution in [0, 0.1) is 0 Å². The molecule has 0 radical (unpaired) electrons.